The van der Waals surface area contributed by atoms with Gasteiger partial charge in [0.05, 0.1) is 6.42 Å². The Kier molecular flexibility index (Phi) is 28.7. The Bertz CT molecular complexity index is 581. The van der Waals surface area contributed by atoms with Gasteiger partial charge in [0.1, 0.15) is 6.10 Å². The zero-order chi connectivity index (χ0) is 27.9. The van der Waals surface area contributed by atoms with E-state index in [0.29, 0.717) is 12.8 Å². The Morgan fingerprint density at radius 2 is 1.05 bits per heavy atom. The van der Waals surface area contributed by atoms with Crippen LogP contribution in [0.4, 0.5) is 0 Å². The van der Waals surface area contributed by atoms with E-state index in [4.69, 9.17) is 4.74 Å². The minimum Gasteiger partial charge on any atom is -0.481 e. The maximum absolute atomic E-state index is 12.2. The van der Waals surface area contributed by atoms with Crippen molar-refractivity contribution >= 4 is 11.9 Å². The van der Waals surface area contributed by atoms with Gasteiger partial charge in [-0.15, -0.1) is 0 Å². The molecule has 0 spiro atoms. The van der Waals surface area contributed by atoms with Crippen LogP contribution >= 0.6 is 0 Å². The van der Waals surface area contributed by atoms with Crippen LogP contribution in [-0.2, 0) is 14.3 Å². The average molecular weight is 535 g/mol. The first-order chi connectivity index (χ1) is 18.6. The van der Waals surface area contributed by atoms with Gasteiger partial charge in [0, 0.05) is 6.42 Å². The molecule has 0 aliphatic rings. The van der Waals surface area contributed by atoms with Gasteiger partial charge >= 0.3 is 11.9 Å². The molecule has 0 aliphatic carbocycles. The fourth-order valence-corrected chi connectivity index (χ4v) is 4.76. The number of esters is 1. The molecular formula is C34H62O4. The second-order valence-corrected chi connectivity index (χ2v) is 11.0. The van der Waals surface area contributed by atoms with Crippen LogP contribution < -0.4 is 0 Å². The molecule has 0 radical (unpaired) electrons. The Balaban J connectivity index is 3.73. The number of unbranched alkanes of at least 4 members (excludes halogenated alkanes) is 18. The number of hydrogen-bond donors (Lipinski definition) is 1. The fourth-order valence-electron chi connectivity index (χ4n) is 4.76. The Hall–Kier alpha value is -1.58. The number of rotatable bonds is 29. The minimum absolute atomic E-state index is 0.0777. The number of carboxylic acid groups (broad SMARTS) is 1. The normalized spacial score (nSPS) is 12.5. The van der Waals surface area contributed by atoms with E-state index in [2.05, 4.69) is 38.2 Å². The van der Waals surface area contributed by atoms with Crippen LogP contribution in [0.3, 0.4) is 0 Å². The quantitative estimate of drug-likeness (QED) is 0.0589. The van der Waals surface area contributed by atoms with Gasteiger partial charge in [-0.05, 0) is 51.4 Å². The minimum atomic E-state index is -0.886. The highest BCUT2D eigenvalue weighted by Crippen LogP contribution is 2.16. The molecule has 4 nitrogen and oxygen atoms in total. The summed E-state index contributed by atoms with van der Waals surface area (Å²) < 4.78 is 5.54. The van der Waals surface area contributed by atoms with Gasteiger partial charge < -0.3 is 9.84 Å². The molecule has 4 heteroatoms. The molecule has 0 saturated carbocycles. The molecule has 0 heterocycles. The van der Waals surface area contributed by atoms with E-state index in [1.807, 2.05) is 0 Å². The van der Waals surface area contributed by atoms with E-state index in [-0.39, 0.29) is 12.4 Å². The molecule has 38 heavy (non-hydrogen) atoms. The number of carbonyl (C=O) groups excluding carboxylic acids is 1. The molecule has 0 aromatic heterocycles. The van der Waals surface area contributed by atoms with Gasteiger partial charge in [0.25, 0.3) is 0 Å². The molecule has 0 fully saturated rings. The van der Waals surface area contributed by atoms with Crippen molar-refractivity contribution in [3.8, 4) is 0 Å². The lowest BCUT2D eigenvalue weighted by Crippen LogP contribution is -2.21. The molecule has 0 amide bonds. The largest absolute Gasteiger partial charge is 0.481 e. The molecule has 0 aliphatic heterocycles. The SMILES string of the molecule is CCCCC/C=C\C/C=C\CCCCCCCC(=O)OC(CCCCCCCCCCCCC)CC(=O)O. The molecule has 1 N–H and O–H groups in total. The predicted molar refractivity (Wildman–Crippen MR) is 163 cm³/mol. The van der Waals surface area contributed by atoms with Crippen molar-refractivity contribution in [1.82, 2.24) is 0 Å². The third-order valence-electron chi connectivity index (χ3n) is 7.16. The highest BCUT2D eigenvalue weighted by Gasteiger charge is 2.17. The standard InChI is InChI=1S/C34H62O4/c1-3-5-7-9-11-13-15-16-17-18-20-22-24-26-28-30-34(37)38-32(31-33(35)36)29-27-25-23-21-19-14-12-10-8-6-4-2/h11,13,16-17,32H,3-10,12,14-15,18-31H2,1-2H3,(H,35,36)/b13-11-,17-16-. The van der Waals surface area contributed by atoms with Crippen molar-refractivity contribution < 1.29 is 19.4 Å². The lowest BCUT2D eigenvalue weighted by molar-refractivity contribution is -0.153. The number of carbonyl (C=O) groups is 2. The Labute approximate surface area is 236 Å². The summed E-state index contributed by atoms with van der Waals surface area (Å²) in [6.45, 7) is 4.49. The lowest BCUT2D eigenvalue weighted by atomic mass is 10.0. The summed E-state index contributed by atoms with van der Waals surface area (Å²) in [5.74, 6) is -1.12. The van der Waals surface area contributed by atoms with E-state index in [1.54, 1.807) is 0 Å². The Morgan fingerprint density at radius 3 is 1.61 bits per heavy atom. The molecule has 1 unspecified atom stereocenters. The van der Waals surface area contributed by atoms with Gasteiger partial charge in [0.15, 0.2) is 0 Å². The van der Waals surface area contributed by atoms with Crippen molar-refractivity contribution in [3.63, 3.8) is 0 Å². The van der Waals surface area contributed by atoms with Crippen molar-refractivity contribution in [2.45, 2.75) is 180 Å². The third kappa shape index (κ3) is 29.0. The maximum Gasteiger partial charge on any atom is 0.307 e. The zero-order valence-electron chi connectivity index (χ0n) is 25.2. The number of ether oxygens (including phenoxy) is 1. The fraction of sp³-hybridized carbons (Fsp3) is 0.824. The van der Waals surface area contributed by atoms with Crippen LogP contribution in [0.25, 0.3) is 0 Å². The van der Waals surface area contributed by atoms with Gasteiger partial charge in [-0.3, -0.25) is 9.59 Å². The third-order valence-corrected chi connectivity index (χ3v) is 7.16. The average Bonchev–Trinajstić information content (AvgIpc) is 2.89. The monoisotopic (exact) mass is 534 g/mol. The summed E-state index contributed by atoms with van der Waals surface area (Å²) in [5.41, 5.74) is 0. The van der Waals surface area contributed by atoms with Gasteiger partial charge in [-0.2, -0.15) is 0 Å². The summed E-state index contributed by atoms with van der Waals surface area (Å²) in [7, 11) is 0. The molecule has 0 bridgehead atoms. The van der Waals surface area contributed by atoms with E-state index in [0.717, 1.165) is 44.9 Å². The van der Waals surface area contributed by atoms with Gasteiger partial charge in [0.2, 0.25) is 0 Å². The first-order valence-corrected chi connectivity index (χ1v) is 16.3. The lowest BCUT2D eigenvalue weighted by Gasteiger charge is -2.16. The van der Waals surface area contributed by atoms with Crippen LogP contribution in [0.15, 0.2) is 24.3 Å². The summed E-state index contributed by atoms with van der Waals surface area (Å²) in [5, 5.41) is 9.19. The van der Waals surface area contributed by atoms with Crippen molar-refractivity contribution in [2.75, 3.05) is 0 Å². The van der Waals surface area contributed by atoms with Crippen molar-refractivity contribution in [1.29, 1.82) is 0 Å². The van der Waals surface area contributed by atoms with Crippen LogP contribution in [0, 0.1) is 0 Å². The van der Waals surface area contributed by atoms with Crippen LogP contribution in [0.1, 0.15) is 174 Å². The van der Waals surface area contributed by atoms with Gasteiger partial charge in [-0.25, -0.2) is 0 Å². The predicted octanol–water partition coefficient (Wildman–Crippen LogP) is 10.9. The van der Waals surface area contributed by atoms with Crippen molar-refractivity contribution in [2.24, 2.45) is 0 Å². The van der Waals surface area contributed by atoms with E-state index < -0.39 is 12.1 Å². The van der Waals surface area contributed by atoms with Crippen molar-refractivity contribution in [3.05, 3.63) is 24.3 Å². The van der Waals surface area contributed by atoms with E-state index in [1.165, 1.54) is 96.3 Å². The maximum atomic E-state index is 12.2. The molecule has 222 valence electrons. The number of allylic oxidation sites excluding steroid dienone is 4. The second kappa shape index (κ2) is 30.0. The van der Waals surface area contributed by atoms with E-state index >= 15 is 0 Å². The topological polar surface area (TPSA) is 63.6 Å². The van der Waals surface area contributed by atoms with Crippen LogP contribution in [0.5, 0.6) is 0 Å². The first kappa shape index (κ1) is 36.4. The Morgan fingerprint density at radius 1 is 0.605 bits per heavy atom. The molecule has 0 saturated heterocycles. The molecule has 1 atom stereocenters. The first-order valence-electron chi connectivity index (χ1n) is 16.3. The van der Waals surface area contributed by atoms with Crippen LogP contribution in [-0.4, -0.2) is 23.1 Å². The molecule has 0 aromatic rings. The summed E-state index contributed by atoms with van der Waals surface area (Å²) in [6.07, 6.45) is 36.1. The highest BCUT2D eigenvalue weighted by molar-refractivity contribution is 5.71. The number of hydrogen-bond acceptors (Lipinski definition) is 3. The zero-order valence-corrected chi connectivity index (χ0v) is 25.2. The molecule has 0 aromatic carbocycles. The number of carboxylic acids is 1. The molecule has 0 rings (SSSR count). The summed E-state index contributed by atoms with van der Waals surface area (Å²) >= 11 is 0. The van der Waals surface area contributed by atoms with E-state index in [9.17, 15) is 14.7 Å². The summed E-state index contributed by atoms with van der Waals surface area (Å²) in [4.78, 5) is 23.4. The highest BCUT2D eigenvalue weighted by atomic mass is 16.5. The summed E-state index contributed by atoms with van der Waals surface area (Å²) in [6, 6.07) is 0. The smallest absolute Gasteiger partial charge is 0.307 e. The van der Waals surface area contributed by atoms with Gasteiger partial charge in [-0.1, -0.05) is 134 Å². The van der Waals surface area contributed by atoms with Crippen LogP contribution in [0.2, 0.25) is 0 Å². The number of aliphatic carboxylic acids is 1. The molecular weight excluding hydrogens is 472 g/mol. The second-order valence-electron chi connectivity index (χ2n) is 11.0.